The first-order chi connectivity index (χ1) is 32.6. The van der Waals surface area contributed by atoms with Crippen molar-refractivity contribution in [1.82, 2.24) is 41.3 Å². The lowest BCUT2D eigenvalue weighted by Gasteiger charge is -2.41. The maximum Gasteiger partial charge on any atom is 0.245 e. The van der Waals surface area contributed by atoms with E-state index in [2.05, 4.69) is 26.6 Å². The van der Waals surface area contributed by atoms with Gasteiger partial charge in [0.1, 0.15) is 18.1 Å². The number of likely N-dealkylation sites (N-methyl/N-ethyl adjacent to an activating group) is 2. The van der Waals surface area contributed by atoms with Gasteiger partial charge in [-0.05, 0) is 69.4 Å². The molecular weight excluding hydrogens is 901 g/mol. The molecule has 1 aliphatic rings. The van der Waals surface area contributed by atoms with Gasteiger partial charge < -0.3 is 45.9 Å². The third-order valence-electron chi connectivity index (χ3n) is 13.5. The predicted octanol–water partition coefficient (Wildman–Crippen LogP) is 3.83. The maximum absolute atomic E-state index is 14.6. The van der Waals surface area contributed by atoms with E-state index in [0.29, 0.717) is 44.5 Å². The fourth-order valence-electron chi connectivity index (χ4n) is 9.39. The van der Waals surface area contributed by atoms with Gasteiger partial charge in [0.25, 0.3) is 0 Å². The number of likely N-dealkylation sites (tertiary alicyclic amines) is 1. The van der Waals surface area contributed by atoms with E-state index in [1.807, 2.05) is 103 Å². The maximum atomic E-state index is 14.6. The van der Waals surface area contributed by atoms with Crippen LogP contribution in [-0.4, -0.2) is 164 Å². The highest BCUT2D eigenvalue weighted by molar-refractivity contribution is 7.99. The van der Waals surface area contributed by atoms with Crippen LogP contribution < -0.4 is 26.6 Å². The summed E-state index contributed by atoms with van der Waals surface area (Å²) in [6.45, 7) is 21.8. The van der Waals surface area contributed by atoms with Crippen molar-refractivity contribution in [1.29, 1.82) is 0 Å². The molecule has 1 aromatic rings. The van der Waals surface area contributed by atoms with Crippen LogP contribution in [0.4, 0.5) is 0 Å². The molecule has 17 nitrogen and oxygen atoms in total. The van der Waals surface area contributed by atoms with Gasteiger partial charge in [-0.3, -0.25) is 38.5 Å². The smallest absolute Gasteiger partial charge is 0.245 e. The topological polar surface area (TPSA) is 208 Å². The first-order valence-electron chi connectivity index (χ1n) is 24.9. The molecule has 1 fully saturated rings. The van der Waals surface area contributed by atoms with Crippen molar-refractivity contribution in [2.45, 2.75) is 163 Å². The lowest BCUT2D eigenvalue weighted by molar-refractivity contribution is -0.148. The SMILES string of the molecule is CCC(C)C(C(CC(=O)N1CCCC1C(OC)C(C)C(=O)NC(C)Cc1ccccc1)OC)N(C)C(=O)[C@@H](NC(=O)C(C(C)C)N(C)CCSCNC(=O)C(C)NC(=O)[C@@H](NC=O)C(C)C)C(C)C. The molecule has 69 heavy (non-hydrogen) atoms. The molecule has 0 aliphatic carbocycles. The molecule has 392 valence electrons. The van der Waals surface area contributed by atoms with Crippen LogP contribution in [0.2, 0.25) is 0 Å². The number of carbonyl (C=O) groups excluding carboxylic acids is 7. The zero-order valence-corrected chi connectivity index (χ0v) is 45.2. The average Bonchev–Trinajstić information content (AvgIpc) is 3.78. The molecule has 0 spiro atoms. The molecule has 5 N–H and O–H groups in total. The molecule has 1 heterocycles. The second kappa shape index (κ2) is 30.5. The van der Waals surface area contributed by atoms with Crippen molar-refractivity contribution in [2.75, 3.05) is 53.0 Å². The highest BCUT2D eigenvalue weighted by atomic mass is 32.2. The summed E-state index contributed by atoms with van der Waals surface area (Å²) in [5.74, 6) is -1.85. The summed E-state index contributed by atoms with van der Waals surface area (Å²) in [5.41, 5.74) is 1.13. The van der Waals surface area contributed by atoms with E-state index in [0.717, 1.165) is 12.0 Å². The van der Waals surface area contributed by atoms with E-state index in [-0.39, 0.29) is 77.6 Å². The van der Waals surface area contributed by atoms with Gasteiger partial charge in [0.15, 0.2) is 0 Å². The largest absolute Gasteiger partial charge is 0.379 e. The van der Waals surface area contributed by atoms with Crippen molar-refractivity contribution < 1.29 is 43.0 Å². The van der Waals surface area contributed by atoms with Gasteiger partial charge in [0.05, 0.1) is 48.5 Å². The molecular formula is C51H88N8O9S. The number of methoxy groups -OCH3 is 2. The Morgan fingerprint density at radius 3 is 2.00 bits per heavy atom. The van der Waals surface area contributed by atoms with E-state index < -0.39 is 54.2 Å². The van der Waals surface area contributed by atoms with E-state index >= 15 is 0 Å². The molecule has 0 saturated carbocycles. The fraction of sp³-hybridized carbons (Fsp3) is 0.745. The minimum Gasteiger partial charge on any atom is -0.379 e. The highest BCUT2D eigenvalue weighted by Crippen LogP contribution is 2.30. The molecule has 0 aromatic heterocycles. The summed E-state index contributed by atoms with van der Waals surface area (Å²) < 4.78 is 12.1. The zero-order chi connectivity index (χ0) is 52.1. The summed E-state index contributed by atoms with van der Waals surface area (Å²) in [5, 5.41) is 14.2. The van der Waals surface area contributed by atoms with Crippen LogP contribution in [0, 0.1) is 29.6 Å². The highest BCUT2D eigenvalue weighted by Gasteiger charge is 2.43. The van der Waals surface area contributed by atoms with Gasteiger partial charge in [-0.25, -0.2) is 0 Å². The second-order valence-electron chi connectivity index (χ2n) is 19.9. The fourth-order valence-corrected chi connectivity index (χ4v) is 10.2. The number of benzene rings is 1. The number of thioether (sulfide) groups is 1. The number of ether oxygens (including phenoxy) is 2. The van der Waals surface area contributed by atoms with Gasteiger partial charge in [-0.2, -0.15) is 0 Å². The summed E-state index contributed by atoms with van der Waals surface area (Å²) in [6.07, 6.45) is 2.15. The number of carbonyl (C=O) groups is 7. The third-order valence-corrected chi connectivity index (χ3v) is 14.3. The number of rotatable bonds is 31. The minimum absolute atomic E-state index is 0.0138. The zero-order valence-electron chi connectivity index (χ0n) is 44.3. The molecule has 2 rings (SSSR count). The van der Waals surface area contributed by atoms with E-state index in [1.54, 1.807) is 46.9 Å². The Morgan fingerprint density at radius 2 is 1.45 bits per heavy atom. The Bertz CT molecular complexity index is 1770. The van der Waals surface area contributed by atoms with Crippen molar-refractivity contribution in [3.05, 3.63) is 35.9 Å². The van der Waals surface area contributed by atoms with Gasteiger partial charge >= 0.3 is 0 Å². The van der Waals surface area contributed by atoms with Crippen molar-refractivity contribution in [3.8, 4) is 0 Å². The van der Waals surface area contributed by atoms with Crippen molar-refractivity contribution >= 4 is 53.6 Å². The Labute approximate surface area is 417 Å². The van der Waals surface area contributed by atoms with Crippen LogP contribution >= 0.6 is 11.8 Å². The Hall–Kier alpha value is -4.26. The number of nitrogens with zero attached hydrogens (tertiary/aromatic N) is 3. The van der Waals surface area contributed by atoms with Gasteiger partial charge in [-0.15, -0.1) is 11.8 Å². The molecule has 9 unspecified atom stereocenters. The molecule has 7 amide bonds. The Balaban J connectivity index is 2.12. The number of amides is 7. The molecule has 1 aliphatic heterocycles. The summed E-state index contributed by atoms with van der Waals surface area (Å²) in [6, 6.07) is 6.11. The molecule has 0 bridgehead atoms. The molecule has 1 aromatic carbocycles. The van der Waals surface area contributed by atoms with Crippen LogP contribution in [0.1, 0.15) is 107 Å². The molecule has 1 saturated heterocycles. The summed E-state index contributed by atoms with van der Waals surface area (Å²) in [4.78, 5) is 98.3. The quantitative estimate of drug-likeness (QED) is 0.0411. The molecule has 0 radical (unpaired) electrons. The first kappa shape index (κ1) is 60.9. The predicted molar refractivity (Wildman–Crippen MR) is 273 cm³/mol. The normalized spacial score (nSPS) is 18.3. The van der Waals surface area contributed by atoms with Crippen LogP contribution in [-0.2, 0) is 49.5 Å². The average molecular weight is 989 g/mol. The third kappa shape index (κ3) is 18.5. The van der Waals surface area contributed by atoms with Crippen LogP contribution in [0.15, 0.2) is 30.3 Å². The minimum atomic E-state index is -0.859. The van der Waals surface area contributed by atoms with E-state index in [9.17, 15) is 33.6 Å². The van der Waals surface area contributed by atoms with Crippen LogP contribution in [0.5, 0.6) is 0 Å². The monoisotopic (exact) mass is 989 g/mol. The lowest BCUT2D eigenvalue weighted by Crippen LogP contribution is -2.60. The molecule has 18 heteroatoms. The van der Waals surface area contributed by atoms with Gasteiger partial charge in [0, 0.05) is 46.2 Å². The number of nitrogens with one attached hydrogen (secondary N) is 5. The van der Waals surface area contributed by atoms with Gasteiger partial charge in [0.2, 0.25) is 41.9 Å². The van der Waals surface area contributed by atoms with Crippen molar-refractivity contribution in [2.24, 2.45) is 29.6 Å². The standard InChI is InChI=1S/C51H88N8O9S/c1-16-34(8)45(40(67-14)28-41(61)59-24-20-23-39(59)46(68-15)36(10)47(62)54-35(9)27-38-21-18-17-19-22-38)58(13)51(66)43(32(4)5)56-50(65)44(33(6)7)57(12)25-26-69-30-53-48(63)37(11)55-49(64)42(31(2)3)52-29-60/h17-19,21-22,29,31-37,39-40,42-46H,16,20,23-28,30H2,1-15H3,(H,52,60)(H,53,63)(H,54,62)(H,55,64)(H,56,65)/t34?,35?,36?,37?,39?,40?,42-,43-,44?,45?,46?/m0/s1. The van der Waals surface area contributed by atoms with E-state index in [4.69, 9.17) is 9.47 Å². The summed E-state index contributed by atoms with van der Waals surface area (Å²) in [7, 11) is 6.73. The van der Waals surface area contributed by atoms with Crippen LogP contribution in [0.25, 0.3) is 0 Å². The van der Waals surface area contributed by atoms with Crippen LogP contribution in [0.3, 0.4) is 0 Å². The Morgan fingerprint density at radius 1 is 0.812 bits per heavy atom. The Kier molecular flexibility index (Phi) is 26.9. The first-order valence-corrected chi connectivity index (χ1v) is 26.0. The van der Waals surface area contributed by atoms with Gasteiger partial charge in [-0.1, -0.05) is 99.1 Å². The number of hydrogen-bond donors (Lipinski definition) is 5. The number of hydrogen-bond acceptors (Lipinski definition) is 11. The van der Waals surface area contributed by atoms with E-state index in [1.165, 1.54) is 11.8 Å². The molecule has 11 atom stereocenters. The lowest BCUT2D eigenvalue weighted by atomic mass is 9.89. The van der Waals surface area contributed by atoms with Crippen molar-refractivity contribution in [3.63, 3.8) is 0 Å². The summed E-state index contributed by atoms with van der Waals surface area (Å²) >= 11 is 1.47. The second-order valence-corrected chi connectivity index (χ2v) is 21.0.